The Kier molecular flexibility index (Phi) is 4.65. The second-order valence-electron chi connectivity index (χ2n) is 5.04. The molecule has 0 unspecified atom stereocenters. The van der Waals surface area contributed by atoms with Crippen molar-refractivity contribution in [2.24, 2.45) is 0 Å². The smallest absolute Gasteiger partial charge is 0.205 e. The molecule has 0 amide bonds. The fourth-order valence-corrected chi connectivity index (χ4v) is 3.26. The number of hydrogen-bond acceptors (Lipinski definition) is 2. The van der Waals surface area contributed by atoms with Gasteiger partial charge in [0.2, 0.25) is 5.79 Å². The largest absolute Gasteiger partial charge is 0.342 e. The van der Waals surface area contributed by atoms with E-state index in [4.69, 9.17) is 21.1 Å². The molecule has 0 aromatic heterocycles. The highest BCUT2D eigenvalue weighted by Crippen LogP contribution is 2.37. The van der Waals surface area contributed by atoms with Crippen molar-refractivity contribution >= 4 is 27.5 Å². The molecule has 0 N–H and O–H groups in total. The molecule has 21 heavy (non-hydrogen) atoms. The zero-order valence-electron chi connectivity index (χ0n) is 11.5. The molecule has 110 valence electrons. The van der Waals surface area contributed by atoms with Crippen LogP contribution < -0.4 is 0 Å². The Bertz CT molecular complexity index is 587. The van der Waals surface area contributed by atoms with Gasteiger partial charge in [0.1, 0.15) is 0 Å². The van der Waals surface area contributed by atoms with E-state index in [1.165, 1.54) is 11.1 Å². The fourth-order valence-electron chi connectivity index (χ4n) is 2.49. The predicted octanol–water partition coefficient (Wildman–Crippen LogP) is 4.56. The van der Waals surface area contributed by atoms with E-state index < -0.39 is 5.79 Å². The topological polar surface area (TPSA) is 18.5 Å². The lowest BCUT2D eigenvalue weighted by atomic mass is 10.0. The molecule has 1 aliphatic heterocycles. The van der Waals surface area contributed by atoms with Crippen LogP contribution in [0.2, 0.25) is 0 Å². The van der Waals surface area contributed by atoms with Crippen LogP contribution in [0.5, 0.6) is 0 Å². The Labute approximate surface area is 138 Å². The third-order valence-corrected chi connectivity index (χ3v) is 4.72. The highest BCUT2D eigenvalue weighted by atomic mass is 79.9. The summed E-state index contributed by atoms with van der Waals surface area (Å²) in [6, 6.07) is 18.6. The first kappa shape index (κ1) is 15.0. The lowest BCUT2D eigenvalue weighted by molar-refractivity contribution is -0.154. The fraction of sp³-hybridized carbons (Fsp3) is 0.294. The molecule has 1 heterocycles. The maximum atomic E-state index is 5.98. The van der Waals surface area contributed by atoms with E-state index in [-0.39, 0.29) is 6.10 Å². The molecule has 1 fully saturated rings. The molecular formula is C17H16BrClO2. The normalized spacial score (nSPS) is 25.1. The third-order valence-electron chi connectivity index (χ3n) is 3.64. The van der Waals surface area contributed by atoms with E-state index in [1.54, 1.807) is 0 Å². The van der Waals surface area contributed by atoms with Crippen LogP contribution in [-0.2, 0) is 15.3 Å². The first-order chi connectivity index (χ1) is 10.3. The van der Waals surface area contributed by atoms with Gasteiger partial charge in [0.15, 0.2) is 0 Å². The van der Waals surface area contributed by atoms with Gasteiger partial charge in [-0.05, 0) is 11.1 Å². The SMILES string of the molecule is ClC[C@@H]1CO[C@](CBr)(c2ccc(-c3ccccc3)cc2)O1. The number of halogens is 2. The van der Waals surface area contributed by atoms with Crippen molar-refractivity contribution in [3.05, 3.63) is 60.2 Å². The van der Waals surface area contributed by atoms with Crippen molar-refractivity contribution in [1.82, 2.24) is 0 Å². The minimum absolute atomic E-state index is 0.0574. The summed E-state index contributed by atoms with van der Waals surface area (Å²) >= 11 is 9.36. The van der Waals surface area contributed by atoms with Gasteiger partial charge in [0.05, 0.1) is 23.9 Å². The molecular weight excluding hydrogens is 352 g/mol. The standard InChI is InChI=1S/C17H16BrClO2/c18-12-17(20-11-16(10-19)21-17)15-8-6-14(7-9-15)13-4-2-1-3-5-13/h1-9,16H,10-12H2/t16-,17+/m1/s1. The van der Waals surface area contributed by atoms with Gasteiger partial charge >= 0.3 is 0 Å². The number of alkyl halides is 2. The van der Waals surface area contributed by atoms with Crippen LogP contribution >= 0.6 is 27.5 Å². The number of rotatable bonds is 4. The highest BCUT2D eigenvalue weighted by Gasteiger charge is 2.42. The summed E-state index contributed by atoms with van der Waals surface area (Å²) in [5, 5.41) is 0.581. The molecule has 1 aliphatic rings. The van der Waals surface area contributed by atoms with Crippen molar-refractivity contribution < 1.29 is 9.47 Å². The highest BCUT2D eigenvalue weighted by molar-refractivity contribution is 9.09. The van der Waals surface area contributed by atoms with Gasteiger partial charge in [0, 0.05) is 5.56 Å². The first-order valence-electron chi connectivity index (χ1n) is 6.87. The second-order valence-corrected chi connectivity index (χ2v) is 5.90. The first-order valence-corrected chi connectivity index (χ1v) is 8.53. The molecule has 2 aromatic rings. The molecule has 0 saturated carbocycles. The van der Waals surface area contributed by atoms with Crippen LogP contribution in [0.4, 0.5) is 0 Å². The average Bonchev–Trinajstić information content (AvgIpc) is 3.01. The van der Waals surface area contributed by atoms with Gasteiger partial charge < -0.3 is 9.47 Å². The predicted molar refractivity (Wildman–Crippen MR) is 88.9 cm³/mol. The Morgan fingerprint density at radius 2 is 1.71 bits per heavy atom. The molecule has 2 atom stereocenters. The monoisotopic (exact) mass is 366 g/mol. The maximum Gasteiger partial charge on any atom is 0.205 e. The summed E-state index contributed by atoms with van der Waals surface area (Å²) in [5.41, 5.74) is 3.38. The minimum Gasteiger partial charge on any atom is -0.342 e. The molecule has 2 nitrogen and oxygen atoms in total. The van der Waals surface area contributed by atoms with Crippen molar-refractivity contribution in [2.45, 2.75) is 11.9 Å². The average molecular weight is 368 g/mol. The molecule has 0 aliphatic carbocycles. The van der Waals surface area contributed by atoms with E-state index in [9.17, 15) is 0 Å². The Morgan fingerprint density at radius 3 is 2.29 bits per heavy atom. The van der Waals surface area contributed by atoms with Crippen LogP contribution in [0.3, 0.4) is 0 Å². The van der Waals surface area contributed by atoms with Crippen molar-refractivity contribution in [2.75, 3.05) is 17.8 Å². The Hall–Kier alpha value is -0.870. The zero-order chi connectivity index (χ0) is 14.7. The van der Waals surface area contributed by atoms with Gasteiger partial charge in [-0.2, -0.15) is 0 Å². The maximum absolute atomic E-state index is 5.98. The van der Waals surface area contributed by atoms with E-state index in [1.807, 2.05) is 18.2 Å². The van der Waals surface area contributed by atoms with E-state index in [0.717, 1.165) is 5.56 Å². The molecule has 4 heteroatoms. The number of ether oxygens (including phenoxy) is 2. The van der Waals surface area contributed by atoms with E-state index in [0.29, 0.717) is 17.8 Å². The summed E-state index contributed by atoms with van der Waals surface area (Å²) in [5.74, 6) is -0.286. The lowest BCUT2D eigenvalue weighted by Gasteiger charge is -2.26. The second kappa shape index (κ2) is 6.49. The summed E-state index contributed by atoms with van der Waals surface area (Å²) < 4.78 is 11.8. The summed E-state index contributed by atoms with van der Waals surface area (Å²) in [4.78, 5) is 0. The van der Waals surface area contributed by atoms with E-state index >= 15 is 0 Å². The van der Waals surface area contributed by atoms with Crippen molar-refractivity contribution in [3.8, 4) is 11.1 Å². The molecule has 0 bridgehead atoms. The Morgan fingerprint density at radius 1 is 1.05 bits per heavy atom. The van der Waals surface area contributed by atoms with Gasteiger partial charge in [-0.15, -0.1) is 11.6 Å². The summed E-state index contributed by atoms with van der Waals surface area (Å²) in [6.07, 6.45) is -0.0574. The Balaban J connectivity index is 1.87. The molecule has 1 saturated heterocycles. The number of hydrogen-bond donors (Lipinski definition) is 0. The van der Waals surface area contributed by atoms with E-state index in [2.05, 4.69) is 52.3 Å². The molecule has 3 rings (SSSR count). The molecule has 2 aromatic carbocycles. The zero-order valence-corrected chi connectivity index (χ0v) is 13.8. The van der Waals surface area contributed by atoms with Gasteiger partial charge in [-0.3, -0.25) is 0 Å². The van der Waals surface area contributed by atoms with Crippen molar-refractivity contribution in [1.29, 1.82) is 0 Å². The van der Waals surface area contributed by atoms with Gasteiger partial charge in [-0.25, -0.2) is 0 Å². The lowest BCUT2D eigenvalue weighted by Crippen LogP contribution is -2.30. The summed E-state index contributed by atoms with van der Waals surface area (Å²) in [6.45, 7) is 0.523. The molecule has 0 radical (unpaired) electrons. The van der Waals surface area contributed by atoms with Gasteiger partial charge in [-0.1, -0.05) is 70.5 Å². The van der Waals surface area contributed by atoms with Crippen molar-refractivity contribution in [3.63, 3.8) is 0 Å². The van der Waals surface area contributed by atoms with Crippen LogP contribution in [0.15, 0.2) is 54.6 Å². The van der Waals surface area contributed by atoms with Crippen LogP contribution in [0.25, 0.3) is 11.1 Å². The quantitative estimate of drug-likeness (QED) is 0.738. The third kappa shape index (κ3) is 3.02. The van der Waals surface area contributed by atoms with Crippen LogP contribution in [0.1, 0.15) is 5.56 Å². The summed E-state index contributed by atoms with van der Waals surface area (Å²) in [7, 11) is 0. The molecule has 0 spiro atoms. The number of benzene rings is 2. The van der Waals surface area contributed by atoms with Gasteiger partial charge in [0.25, 0.3) is 0 Å². The van der Waals surface area contributed by atoms with Crippen LogP contribution in [-0.4, -0.2) is 23.9 Å². The van der Waals surface area contributed by atoms with Crippen LogP contribution in [0, 0.1) is 0 Å². The minimum atomic E-state index is -0.727.